The number of pyridine rings is 1. The van der Waals surface area contributed by atoms with Crippen LogP contribution in [0.25, 0.3) is 22.3 Å². The van der Waals surface area contributed by atoms with E-state index in [1.165, 1.54) is 0 Å². The van der Waals surface area contributed by atoms with Crippen LogP contribution in [-0.2, 0) is 19.1 Å². The molecule has 0 spiro atoms. The summed E-state index contributed by atoms with van der Waals surface area (Å²) in [5.74, 6) is -1.30. The SMILES string of the molecule is CCOC(=O)C1CCN(C(=O)COC(=O)c2cc(-c3ccccc3)nc3c2cnn3C(C)C)CC1. The molecule has 1 amide bonds. The van der Waals surface area contributed by atoms with Crippen molar-refractivity contribution in [2.45, 2.75) is 39.7 Å². The molecule has 4 rings (SSSR count). The Morgan fingerprint density at radius 2 is 1.80 bits per heavy atom. The number of benzene rings is 1. The van der Waals surface area contributed by atoms with Crippen LogP contribution in [0.5, 0.6) is 0 Å². The van der Waals surface area contributed by atoms with Gasteiger partial charge >= 0.3 is 11.9 Å². The highest BCUT2D eigenvalue weighted by atomic mass is 16.5. The maximum atomic E-state index is 13.1. The van der Waals surface area contributed by atoms with Gasteiger partial charge in [0.05, 0.1) is 35.4 Å². The molecule has 184 valence electrons. The minimum absolute atomic E-state index is 0.0500. The molecule has 1 aliphatic heterocycles. The van der Waals surface area contributed by atoms with Crippen LogP contribution in [0.2, 0.25) is 0 Å². The Bertz CT molecular complexity index is 1210. The number of piperidine rings is 1. The van der Waals surface area contributed by atoms with Crippen LogP contribution in [0.4, 0.5) is 0 Å². The number of hydrogen-bond acceptors (Lipinski definition) is 7. The highest BCUT2D eigenvalue weighted by molar-refractivity contribution is 6.04. The summed E-state index contributed by atoms with van der Waals surface area (Å²) in [6, 6.07) is 11.3. The number of esters is 2. The van der Waals surface area contributed by atoms with Crippen molar-refractivity contribution in [2.24, 2.45) is 5.92 Å². The first-order chi connectivity index (χ1) is 16.9. The van der Waals surface area contributed by atoms with Crippen LogP contribution in [0.3, 0.4) is 0 Å². The van der Waals surface area contributed by atoms with E-state index in [1.54, 1.807) is 28.8 Å². The molecule has 2 aromatic heterocycles. The summed E-state index contributed by atoms with van der Waals surface area (Å²) >= 11 is 0. The summed E-state index contributed by atoms with van der Waals surface area (Å²) < 4.78 is 12.3. The number of carbonyl (C=O) groups excluding carboxylic acids is 3. The Morgan fingerprint density at radius 1 is 1.09 bits per heavy atom. The molecular formula is C26H30N4O5. The second-order valence-corrected chi connectivity index (χ2v) is 8.82. The van der Waals surface area contributed by atoms with Gasteiger partial charge in [-0.25, -0.2) is 14.5 Å². The number of rotatable bonds is 7. The Kier molecular flexibility index (Phi) is 7.43. The molecule has 0 saturated carbocycles. The minimum atomic E-state index is -0.604. The van der Waals surface area contributed by atoms with Gasteiger partial charge in [0.25, 0.3) is 5.91 Å². The number of aromatic nitrogens is 3. The van der Waals surface area contributed by atoms with Gasteiger partial charge in [-0.05, 0) is 39.7 Å². The molecule has 9 heteroatoms. The summed E-state index contributed by atoms with van der Waals surface area (Å²) in [7, 11) is 0. The van der Waals surface area contributed by atoms with Gasteiger partial charge in [-0.3, -0.25) is 9.59 Å². The predicted octanol–water partition coefficient (Wildman–Crippen LogP) is 3.64. The molecule has 3 aromatic rings. The van der Waals surface area contributed by atoms with E-state index in [1.807, 2.05) is 44.2 Å². The number of fused-ring (bicyclic) bond motifs is 1. The second kappa shape index (κ2) is 10.7. The van der Waals surface area contributed by atoms with Crippen LogP contribution in [0, 0.1) is 5.92 Å². The molecule has 9 nitrogen and oxygen atoms in total. The summed E-state index contributed by atoms with van der Waals surface area (Å²) in [6.45, 7) is 6.59. The third-order valence-electron chi connectivity index (χ3n) is 6.14. The van der Waals surface area contributed by atoms with Gasteiger partial charge in [-0.2, -0.15) is 5.10 Å². The zero-order valence-corrected chi connectivity index (χ0v) is 20.3. The number of hydrogen-bond donors (Lipinski definition) is 0. The summed E-state index contributed by atoms with van der Waals surface area (Å²) in [5.41, 5.74) is 2.38. The number of amides is 1. The average molecular weight is 479 g/mol. The Hall–Kier alpha value is -3.75. The monoisotopic (exact) mass is 478 g/mol. The number of likely N-dealkylation sites (tertiary alicyclic amines) is 1. The molecule has 1 fully saturated rings. The van der Waals surface area contributed by atoms with E-state index >= 15 is 0 Å². The molecule has 0 N–H and O–H groups in total. The van der Waals surface area contributed by atoms with Crippen molar-refractivity contribution in [3.05, 3.63) is 48.2 Å². The third-order valence-corrected chi connectivity index (χ3v) is 6.14. The molecule has 0 bridgehead atoms. The van der Waals surface area contributed by atoms with Crippen molar-refractivity contribution in [3.63, 3.8) is 0 Å². The lowest BCUT2D eigenvalue weighted by molar-refractivity contribution is -0.151. The zero-order chi connectivity index (χ0) is 24.9. The Balaban J connectivity index is 1.49. The number of carbonyl (C=O) groups is 3. The highest BCUT2D eigenvalue weighted by Crippen LogP contribution is 2.27. The quantitative estimate of drug-likeness (QED) is 0.478. The molecule has 0 aliphatic carbocycles. The molecule has 3 heterocycles. The molecule has 0 unspecified atom stereocenters. The van der Waals surface area contributed by atoms with Gasteiger partial charge in [0.2, 0.25) is 0 Å². The number of ether oxygens (including phenoxy) is 2. The maximum absolute atomic E-state index is 13.1. The number of nitrogens with zero attached hydrogens (tertiary/aromatic N) is 4. The van der Waals surface area contributed by atoms with Crippen LogP contribution in [0.15, 0.2) is 42.6 Å². The van der Waals surface area contributed by atoms with Crippen LogP contribution >= 0.6 is 0 Å². The van der Waals surface area contributed by atoms with Crippen molar-refractivity contribution in [1.29, 1.82) is 0 Å². The van der Waals surface area contributed by atoms with Crippen molar-refractivity contribution in [3.8, 4) is 11.3 Å². The molecule has 35 heavy (non-hydrogen) atoms. The van der Waals surface area contributed by atoms with Crippen molar-refractivity contribution >= 4 is 28.9 Å². The lowest BCUT2D eigenvalue weighted by atomic mass is 9.97. The Morgan fingerprint density at radius 3 is 2.46 bits per heavy atom. The normalized spacial score (nSPS) is 14.3. The fourth-order valence-corrected chi connectivity index (χ4v) is 4.24. The summed E-state index contributed by atoms with van der Waals surface area (Å²) in [4.78, 5) is 44.1. The fraction of sp³-hybridized carbons (Fsp3) is 0.423. The van der Waals surface area contributed by atoms with Crippen LogP contribution in [-0.4, -0.2) is 63.8 Å². The molecular weight excluding hydrogens is 448 g/mol. The smallest absolute Gasteiger partial charge is 0.339 e. The molecule has 0 radical (unpaired) electrons. The molecule has 0 atom stereocenters. The van der Waals surface area contributed by atoms with Gasteiger partial charge in [0.15, 0.2) is 12.3 Å². The third kappa shape index (κ3) is 5.34. The van der Waals surface area contributed by atoms with Crippen molar-refractivity contribution in [1.82, 2.24) is 19.7 Å². The van der Waals surface area contributed by atoms with Gasteiger partial charge in [-0.15, -0.1) is 0 Å². The van der Waals surface area contributed by atoms with E-state index in [0.717, 1.165) is 5.56 Å². The minimum Gasteiger partial charge on any atom is -0.466 e. The van der Waals surface area contributed by atoms with Crippen LogP contribution < -0.4 is 0 Å². The predicted molar refractivity (Wildman–Crippen MR) is 130 cm³/mol. The standard InChI is InChI=1S/C26H30N4O5/c1-4-34-25(32)19-10-12-29(13-11-19)23(31)16-35-26(33)20-14-22(18-8-6-5-7-9-18)28-24-21(20)15-27-30(24)17(2)3/h5-9,14-15,17,19H,4,10-13,16H2,1-3H3. The first-order valence-corrected chi connectivity index (χ1v) is 11.9. The second-order valence-electron chi connectivity index (χ2n) is 8.82. The lowest BCUT2D eigenvalue weighted by Crippen LogP contribution is -2.42. The van der Waals surface area contributed by atoms with E-state index in [-0.39, 0.29) is 30.4 Å². The summed E-state index contributed by atoms with van der Waals surface area (Å²) in [6.07, 6.45) is 2.69. The topological polar surface area (TPSA) is 104 Å². The van der Waals surface area contributed by atoms with Gasteiger partial charge in [-0.1, -0.05) is 30.3 Å². The average Bonchev–Trinajstić information content (AvgIpc) is 3.31. The van der Waals surface area contributed by atoms with Crippen molar-refractivity contribution in [2.75, 3.05) is 26.3 Å². The first kappa shape index (κ1) is 24.4. The molecule has 1 aliphatic rings. The van der Waals surface area contributed by atoms with Gasteiger partial charge in [0, 0.05) is 24.7 Å². The van der Waals surface area contributed by atoms with Gasteiger partial charge < -0.3 is 14.4 Å². The van der Waals surface area contributed by atoms with E-state index in [2.05, 4.69) is 5.10 Å². The maximum Gasteiger partial charge on any atom is 0.339 e. The Labute approximate surface area is 204 Å². The van der Waals surface area contributed by atoms with Crippen LogP contribution in [0.1, 0.15) is 50.0 Å². The fourth-order valence-electron chi connectivity index (χ4n) is 4.24. The van der Waals surface area contributed by atoms with E-state index in [0.29, 0.717) is 54.8 Å². The lowest BCUT2D eigenvalue weighted by Gasteiger charge is -2.30. The van der Waals surface area contributed by atoms with Gasteiger partial charge in [0.1, 0.15) is 0 Å². The van der Waals surface area contributed by atoms with Crippen molar-refractivity contribution < 1.29 is 23.9 Å². The molecule has 1 aromatic carbocycles. The van der Waals surface area contributed by atoms with E-state index < -0.39 is 5.97 Å². The first-order valence-electron chi connectivity index (χ1n) is 11.9. The molecule has 1 saturated heterocycles. The highest BCUT2D eigenvalue weighted by Gasteiger charge is 2.29. The summed E-state index contributed by atoms with van der Waals surface area (Å²) in [5, 5.41) is 4.98. The zero-order valence-electron chi connectivity index (χ0n) is 20.3. The van der Waals surface area contributed by atoms with E-state index in [9.17, 15) is 14.4 Å². The van der Waals surface area contributed by atoms with E-state index in [4.69, 9.17) is 14.5 Å². The largest absolute Gasteiger partial charge is 0.466 e.